The van der Waals surface area contributed by atoms with E-state index < -0.39 is 18.5 Å². The second-order valence-electron chi connectivity index (χ2n) is 7.34. The summed E-state index contributed by atoms with van der Waals surface area (Å²) in [5.41, 5.74) is 7.59. The van der Waals surface area contributed by atoms with Crippen LogP contribution in [0.3, 0.4) is 0 Å². The van der Waals surface area contributed by atoms with Gasteiger partial charge in [0, 0.05) is 10.7 Å². The largest absolute Gasteiger partial charge is 0.522 e. The van der Waals surface area contributed by atoms with E-state index in [1.54, 1.807) is 0 Å². The van der Waals surface area contributed by atoms with E-state index in [2.05, 4.69) is 25.2 Å². The summed E-state index contributed by atoms with van der Waals surface area (Å²) in [7, 11) is 0. The molecule has 8 nitrogen and oxygen atoms in total. The summed E-state index contributed by atoms with van der Waals surface area (Å²) >= 11 is 6.34. The number of nitrogens with zero attached hydrogens (tertiary/aromatic N) is 2. The molecule has 1 aromatic carbocycles. The van der Waals surface area contributed by atoms with Crippen LogP contribution in [0.5, 0.6) is 0 Å². The van der Waals surface area contributed by atoms with Gasteiger partial charge in [0.05, 0.1) is 43.6 Å². The molecule has 0 saturated heterocycles. The number of nitrogen functional groups attached to an aromatic ring is 1. The maximum absolute atomic E-state index is 11.8. The molecule has 0 radical (unpaired) electrons. The van der Waals surface area contributed by atoms with Gasteiger partial charge in [-0.05, 0) is 26.3 Å². The molecule has 0 aliphatic heterocycles. The van der Waals surface area contributed by atoms with Crippen molar-refractivity contribution in [1.82, 2.24) is 10.2 Å². The van der Waals surface area contributed by atoms with Crippen LogP contribution in [0.15, 0.2) is 18.2 Å². The van der Waals surface area contributed by atoms with Crippen molar-refractivity contribution < 1.29 is 32.4 Å². The van der Waals surface area contributed by atoms with Gasteiger partial charge in [0.1, 0.15) is 0 Å². The van der Waals surface area contributed by atoms with E-state index in [1.165, 1.54) is 0 Å². The number of rotatable bonds is 11. The summed E-state index contributed by atoms with van der Waals surface area (Å²) in [5, 5.41) is 12.0. The van der Waals surface area contributed by atoms with Crippen LogP contribution in [-0.2, 0) is 14.2 Å². The topological polar surface area (TPSA) is 106 Å². The van der Waals surface area contributed by atoms with Crippen molar-refractivity contribution in [2.24, 2.45) is 0 Å². The third kappa shape index (κ3) is 8.44. The monoisotopic (exact) mass is 464 g/mol. The predicted molar refractivity (Wildman–Crippen MR) is 110 cm³/mol. The minimum Gasteiger partial charge on any atom is -0.377 e. The Morgan fingerprint density at radius 3 is 2.45 bits per heavy atom. The van der Waals surface area contributed by atoms with Crippen LogP contribution < -0.4 is 16.0 Å². The van der Waals surface area contributed by atoms with Gasteiger partial charge in [-0.1, -0.05) is 34.9 Å². The second kappa shape index (κ2) is 10.9. The van der Waals surface area contributed by atoms with Crippen molar-refractivity contribution in [1.29, 1.82) is 0 Å². The molecular formula is C19H26ClF3N5O3+. The second-order valence-corrected chi connectivity index (χ2v) is 7.72. The Labute approximate surface area is 183 Å². The number of aryl methyl sites for hydroxylation is 1. The summed E-state index contributed by atoms with van der Waals surface area (Å²) in [6.07, 6.45) is -4.65. The Hall–Kier alpha value is -2.21. The van der Waals surface area contributed by atoms with Gasteiger partial charge in [-0.2, -0.15) is 0 Å². The van der Waals surface area contributed by atoms with Gasteiger partial charge in [0.25, 0.3) is 0 Å². The normalized spacial score (nSPS) is 12.2. The van der Waals surface area contributed by atoms with Crippen molar-refractivity contribution >= 4 is 23.4 Å². The number of hydrogen-bond acceptors (Lipinski definition) is 7. The van der Waals surface area contributed by atoms with Gasteiger partial charge >= 0.3 is 12.3 Å². The fourth-order valence-electron chi connectivity index (χ4n) is 2.57. The van der Waals surface area contributed by atoms with Crippen LogP contribution in [0.25, 0.3) is 11.3 Å². The van der Waals surface area contributed by atoms with Gasteiger partial charge in [-0.25, -0.2) is 4.98 Å². The van der Waals surface area contributed by atoms with Crippen molar-refractivity contribution in [3.05, 3.63) is 28.8 Å². The van der Waals surface area contributed by atoms with Gasteiger partial charge in [0.15, 0.2) is 5.69 Å². The maximum Gasteiger partial charge on any atom is 0.522 e. The van der Waals surface area contributed by atoms with Gasteiger partial charge in [0.2, 0.25) is 5.82 Å². The number of hydrogen-bond donors (Lipinski definition) is 2. The smallest absolute Gasteiger partial charge is 0.377 e. The van der Waals surface area contributed by atoms with Gasteiger partial charge in [-0.3, -0.25) is 10.1 Å². The van der Waals surface area contributed by atoms with Crippen LogP contribution >= 0.6 is 11.6 Å². The van der Waals surface area contributed by atoms with Crippen LogP contribution in [0.2, 0.25) is 5.02 Å². The van der Waals surface area contributed by atoms with E-state index in [1.807, 2.05) is 39.0 Å². The molecule has 0 saturated carbocycles. The minimum atomic E-state index is -4.65. The highest BCUT2D eigenvalue weighted by Gasteiger charge is 2.28. The lowest BCUT2D eigenvalue weighted by atomic mass is 10.1. The Balaban J connectivity index is 1.81. The highest BCUT2D eigenvalue weighted by atomic mass is 35.5. The quantitative estimate of drug-likeness (QED) is 0.491. The molecule has 1 aromatic heterocycles. The van der Waals surface area contributed by atoms with E-state index in [9.17, 15) is 13.2 Å². The van der Waals surface area contributed by atoms with Crippen molar-refractivity contribution in [3.8, 4) is 11.3 Å². The summed E-state index contributed by atoms with van der Waals surface area (Å²) in [5.74, 6) is 0.648. The lowest BCUT2D eigenvalue weighted by Crippen LogP contribution is -2.40. The molecule has 0 unspecified atom stereocenters. The lowest BCUT2D eigenvalue weighted by molar-refractivity contribution is -0.348. The molecule has 2 rings (SSSR count). The standard InChI is InChI=1S/C19H25ClF3N5O3/c1-12-5-4-6-13(14(12)20)15-16(24)25-17(28-27-15)26-18(2,3)11-30-8-7-29-9-10-31-19(21,22)23/h4-6H,7-11H2,1-3H3,(H3,24,25,26,28)/p+1. The maximum atomic E-state index is 11.8. The first-order valence-electron chi connectivity index (χ1n) is 9.44. The van der Waals surface area contributed by atoms with Gasteiger partial charge in [-0.15, -0.1) is 13.2 Å². The summed E-state index contributed by atoms with van der Waals surface area (Å²) in [6.45, 7) is 5.53. The number of H-pyrrole nitrogens is 1. The average Bonchev–Trinajstić information content (AvgIpc) is 2.65. The highest BCUT2D eigenvalue weighted by molar-refractivity contribution is 6.34. The van der Waals surface area contributed by atoms with Crippen molar-refractivity contribution in [3.63, 3.8) is 0 Å². The molecule has 0 atom stereocenters. The molecular weight excluding hydrogens is 439 g/mol. The Morgan fingerprint density at radius 2 is 1.77 bits per heavy atom. The Kier molecular flexibility index (Phi) is 8.80. The summed E-state index contributed by atoms with van der Waals surface area (Å²) in [4.78, 5) is 2.96. The van der Waals surface area contributed by atoms with E-state index >= 15 is 0 Å². The SMILES string of the molecule is Cc1cccc(-c2nnc(NC(C)(C)COCCOCCOC(F)(F)F)[nH+]c2N)c1Cl. The lowest BCUT2D eigenvalue weighted by Gasteiger charge is -2.22. The zero-order valence-corrected chi connectivity index (χ0v) is 18.2. The molecule has 0 bridgehead atoms. The highest BCUT2D eigenvalue weighted by Crippen LogP contribution is 2.30. The molecule has 0 aliphatic carbocycles. The number of alkyl halides is 3. The molecule has 12 heteroatoms. The van der Waals surface area contributed by atoms with E-state index in [0.717, 1.165) is 5.56 Å². The van der Waals surface area contributed by atoms with Crippen molar-refractivity contribution in [2.75, 3.05) is 44.1 Å². The van der Waals surface area contributed by atoms with Crippen LogP contribution in [0, 0.1) is 6.92 Å². The average molecular weight is 465 g/mol. The van der Waals surface area contributed by atoms with E-state index in [-0.39, 0.29) is 26.4 Å². The molecule has 31 heavy (non-hydrogen) atoms. The Morgan fingerprint density at radius 1 is 1.10 bits per heavy atom. The predicted octanol–water partition coefficient (Wildman–Crippen LogP) is 3.26. The number of ether oxygens (including phenoxy) is 3. The minimum absolute atomic E-state index is 0.141. The number of benzene rings is 1. The summed E-state index contributed by atoms with van der Waals surface area (Å²) < 4.78 is 49.6. The van der Waals surface area contributed by atoms with Crippen LogP contribution in [0.1, 0.15) is 19.4 Å². The molecule has 0 spiro atoms. The zero-order valence-electron chi connectivity index (χ0n) is 17.5. The van der Waals surface area contributed by atoms with Gasteiger partial charge < -0.3 is 15.2 Å². The fraction of sp³-hybridized carbons (Fsp3) is 0.526. The fourth-order valence-corrected chi connectivity index (χ4v) is 2.79. The zero-order chi connectivity index (χ0) is 23.1. The summed E-state index contributed by atoms with van der Waals surface area (Å²) in [6, 6.07) is 5.56. The first kappa shape index (κ1) is 25.1. The molecule has 0 amide bonds. The molecule has 4 N–H and O–H groups in total. The third-order valence-corrected chi connectivity index (χ3v) is 4.49. The molecule has 172 valence electrons. The van der Waals surface area contributed by atoms with Crippen molar-refractivity contribution in [2.45, 2.75) is 32.7 Å². The van der Waals surface area contributed by atoms with Crippen LogP contribution in [-0.4, -0.2) is 55.1 Å². The first-order valence-corrected chi connectivity index (χ1v) is 9.81. The number of nitrogens with one attached hydrogen (secondary N) is 2. The number of halogens is 4. The molecule has 0 aliphatic rings. The Bertz CT molecular complexity index is 868. The third-order valence-electron chi connectivity index (χ3n) is 3.99. The van der Waals surface area contributed by atoms with E-state index in [4.69, 9.17) is 26.8 Å². The van der Waals surface area contributed by atoms with E-state index in [0.29, 0.717) is 28.0 Å². The number of anilines is 2. The van der Waals surface area contributed by atoms with Crippen LogP contribution in [0.4, 0.5) is 24.9 Å². The first-order chi connectivity index (χ1) is 14.5. The number of nitrogens with two attached hydrogens (primary N) is 1. The number of aromatic amines is 1. The molecule has 0 fully saturated rings. The molecule has 2 aromatic rings. The molecule has 1 heterocycles. The number of aromatic nitrogens is 3.